The Labute approximate surface area is 128 Å². The van der Waals surface area contributed by atoms with Crippen LogP contribution in [0, 0.1) is 6.92 Å². The van der Waals surface area contributed by atoms with Gasteiger partial charge in [-0.05, 0) is 42.8 Å². The van der Waals surface area contributed by atoms with Gasteiger partial charge in [0.1, 0.15) is 24.7 Å². The van der Waals surface area contributed by atoms with E-state index in [9.17, 15) is 0 Å². The van der Waals surface area contributed by atoms with E-state index in [0.717, 1.165) is 5.56 Å². The van der Waals surface area contributed by atoms with Crippen molar-refractivity contribution in [3.05, 3.63) is 52.0 Å². The summed E-state index contributed by atoms with van der Waals surface area (Å²) in [4.78, 5) is 0. The summed E-state index contributed by atoms with van der Waals surface area (Å²) < 4.78 is 11.1. The number of nitrogen functional groups attached to an aromatic ring is 1. The van der Waals surface area contributed by atoms with Gasteiger partial charge in [-0.1, -0.05) is 29.3 Å². The lowest BCUT2D eigenvalue weighted by molar-refractivity contribution is 0.218. The molecule has 0 amide bonds. The normalized spacial score (nSPS) is 10.3. The van der Waals surface area contributed by atoms with Crippen LogP contribution >= 0.6 is 23.2 Å². The highest BCUT2D eigenvalue weighted by Gasteiger charge is 2.03. The number of anilines is 1. The summed E-state index contributed by atoms with van der Waals surface area (Å²) in [6, 6.07) is 10.7. The van der Waals surface area contributed by atoms with Gasteiger partial charge in [-0.2, -0.15) is 0 Å². The fourth-order valence-electron chi connectivity index (χ4n) is 1.69. The predicted molar refractivity (Wildman–Crippen MR) is 83.0 cm³/mol. The van der Waals surface area contributed by atoms with Crippen LogP contribution in [0.15, 0.2) is 36.4 Å². The molecule has 2 aromatic rings. The maximum absolute atomic E-state index is 6.00. The molecule has 0 spiro atoms. The van der Waals surface area contributed by atoms with Gasteiger partial charge in [0.25, 0.3) is 0 Å². The number of aryl methyl sites for hydroxylation is 1. The summed E-state index contributed by atoms with van der Waals surface area (Å²) >= 11 is 11.8. The number of benzene rings is 2. The Morgan fingerprint density at radius 1 is 0.950 bits per heavy atom. The molecule has 2 aromatic carbocycles. The fourth-order valence-corrected chi connectivity index (χ4v) is 2.16. The largest absolute Gasteiger partial charge is 0.488 e. The molecule has 0 saturated heterocycles. The van der Waals surface area contributed by atoms with Gasteiger partial charge in [-0.3, -0.25) is 0 Å². The van der Waals surface area contributed by atoms with Crippen LogP contribution in [-0.4, -0.2) is 13.2 Å². The second-order valence-corrected chi connectivity index (χ2v) is 5.16. The highest BCUT2D eigenvalue weighted by molar-refractivity contribution is 6.35. The van der Waals surface area contributed by atoms with E-state index in [1.54, 1.807) is 18.2 Å². The van der Waals surface area contributed by atoms with Gasteiger partial charge in [-0.15, -0.1) is 0 Å². The highest BCUT2D eigenvalue weighted by Crippen LogP contribution is 2.27. The van der Waals surface area contributed by atoms with Crippen molar-refractivity contribution < 1.29 is 9.47 Å². The second kappa shape index (κ2) is 6.73. The molecule has 0 atom stereocenters. The lowest BCUT2D eigenvalue weighted by atomic mass is 10.2. The Hall–Kier alpha value is -1.58. The molecule has 2 rings (SSSR count). The molecule has 0 aliphatic rings. The van der Waals surface area contributed by atoms with E-state index in [1.807, 2.05) is 25.1 Å². The maximum atomic E-state index is 6.00. The van der Waals surface area contributed by atoms with Crippen molar-refractivity contribution in [2.75, 3.05) is 18.9 Å². The summed E-state index contributed by atoms with van der Waals surface area (Å²) in [7, 11) is 0. The van der Waals surface area contributed by atoms with Crippen molar-refractivity contribution in [2.24, 2.45) is 0 Å². The molecule has 0 unspecified atom stereocenters. The SMILES string of the molecule is Cc1ccc(OCCOc2ccc(Cl)cc2Cl)c(N)c1. The smallest absolute Gasteiger partial charge is 0.142 e. The van der Waals surface area contributed by atoms with E-state index in [4.69, 9.17) is 38.4 Å². The second-order valence-electron chi connectivity index (χ2n) is 4.31. The summed E-state index contributed by atoms with van der Waals surface area (Å²) in [5.41, 5.74) is 7.57. The van der Waals surface area contributed by atoms with E-state index in [2.05, 4.69) is 0 Å². The van der Waals surface area contributed by atoms with Gasteiger partial charge in [-0.25, -0.2) is 0 Å². The van der Waals surface area contributed by atoms with Crippen molar-refractivity contribution in [3.8, 4) is 11.5 Å². The van der Waals surface area contributed by atoms with Crippen molar-refractivity contribution in [3.63, 3.8) is 0 Å². The molecule has 5 heteroatoms. The molecule has 0 bridgehead atoms. The van der Waals surface area contributed by atoms with Crippen LogP contribution in [0.1, 0.15) is 5.56 Å². The predicted octanol–water partition coefficient (Wildman–Crippen LogP) is 4.34. The van der Waals surface area contributed by atoms with Crippen molar-refractivity contribution in [2.45, 2.75) is 6.92 Å². The minimum Gasteiger partial charge on any atom is -0.488 e. The molecule has 0 aliphatic carbocycles. The van der Waals surface area contributed by atoms with E-state index >= 15 is 0 Å². The lowest BCUT2D eigenvalue weighted by Crippen LogP contribution is -2.10. The van der Waals surface area contributed by atoms with Crippen LogP contribution in [0.25, 0.3) is 0 Å². The van der Waals surface area contributed by atoms with Gasteiger partial charge in [0.2, 0.25) is 0 Å². The Bertz CT molecular complexity index is 549. The number of hydrogen-bond donors (Lipinski definition) is 1. The molecule has 3 nitrogen and oxygen atoms in total. The first-order valence-corrected chi connectivity index (χ1v) is 6.88. The van der Waals surface area contributed by atoms with Crippen LogP contribution < -0.4 is 15.2 Å². The van der Waals surface area contributed by atoms with E-state index in [-0.39, 0.29) is 0 Å². The van der Waals surface area contributed by atoms with Gasteiger partial charge in [0.15, 0.2) is 0 Å². The molecule has 0 radical (unpaired) electrons. The third-order valence-electron chi connectivity index (χ3n) is 2.66. The van der Waals surface area contributed by atoms with Crippen LogP contribution in [0.3, 0.4) is 0 Å². The first kappa shape index (κ1) is 14.8. The van der Waals surface area contributed by atoms with Crippen molar-refractivity contribution >= 4 is 28.9 Å². The fraction of sp³-hybridized carbons (Fsp3) is 0.200. The summed E-state index contributed by atoms with van der Waals surface area (Å²) in [5.74, 6) is 1.23. The molecular weight excluding hydrogens is 297 g/mol. The third kappa shape index (κ3) is 3.95. The Morgan fingerprint density at radius 2 is 1.60 bits per heavy atom. The van der Waals surface area contributed by atoms with Crippen LogP contribution in [-0.2, 0) is 0 Å². The monoisotopic (exact) mass is 311 g/mol. The zero-order valence-corrected chi connectivity index (χ0v) is 12.5. The Kier molecular flexibility index (Phi) is 4.99. The van der Waals surface area contributed by atoms with Gasteiger partial charge in [0, 0.05) is 5.02 Å². The van der Waals surface area contributed by atoms with Crippen molar-refractivity contribution in [1.29, 1.82) is 0 Å². The number of rotatable bonds is 5. The average Bonchev–Trinajstić information content (AvgIpc) is 2.39. The van der Waals surface area contributed by atoms with Gasteiger partial charge < -0.3 is 15.2 Å². The summed E-state index contributed by atoms with van der Waals surface area (Å²) in [6.45, 7) is 2.73. The molecule has 20 heavy (non-hydrogen) atoms. The highest BCUT2D eigenvalue weighted by atomic mass is 35.5. The number of hydrogen-bond acceptors (Lipinski definition) is 3. The molecule has 0 aromatic heterocycles. The Balaban J connectivity index is 1.84. The topological polar surface area (TPSA) is 44.5 Å². The number of nitrogens with two attached hydrogens (primary N) is 1. The maximum Gasteiger partial charge on any atom is 0.142 e. The van der Waals surface area contributed by atoms with Gasteiger partial charge >= 0.3 is 0 Å². The van der Waals surface area contributed by atoms with E-state index < -0.39 is 0 Å². The average molecular weight is 312 g/mol. The zero-order valence-electron chi connectivity index (χ0n) is 11.0. The van der Waals surface area contributed by atoms with E-state index in [0.29, 0.717) is 40.4 Å². The quantitative estimate of drug-likeness (QED) is 0.660. The number of halogens is 2. The number of ether oxygens (including phenoxy) is 2. The van der Waals surface area contributed by atoms with Crippen LogP contribution in [0.5, 0.6) is 11.5 Å². The lowest BCUT2D eigenvalue weighted by Gasteiger charge is -2.11. The molecule has 0 fully saturated rings. The third-order valence-corrected chi connectivity index (χ3v) is 3.19. The first-order chi connectivity index (χ1) is 9.56. The minimum absolute atomic E-state index is 0.370. The van der Waals surface area contributed by atoms with E-state index in [1.165, 1.54) is 0 Å². The van der Waals surface area contributed by atoms with Gasteiger partial charge in [0.05, 0.1) is 10.7 Å². The molecule has 2 N–H and O–H groups in total. The van der Waals surface area contributed by atoms with Crippen LogP contribution in [0.4, 0.5) is 5.69 Å². The molecule has 106 valence electrons. The summed E-state index contributed by atoms with van der Waals surface area (Å²) in [6.07, 6.45) is 0. The molecule has 0 aliphatic heterocycles. The van der Waals surface area contributed by atoms with Crippen molar-refractivity contribution in [1.82, 2.24) is 0 Å². The standard InChI is InChI=1S/C15H15Cl2NO2/c1-10-2-4-15(13(18)8-10)20-7-6-19-14-5-3-11(16)9-12(14)17/h2-5,8-9H,6-7,18H2,1H3. The zero-order chi connectivity index (χ0) is 14.5. The first-order valence-electron chi connectivity index (χ1n) is 6.13. The van der Waals surface area contributed by atoms with Crippen LogP contribution in [0.2, 0.25) is 10.0 Å². The molecule has 0 saturated carbocycles. The molecular formula is C15H15Cl2NO2. The molecule has 0 heterocycles. The summed E-state index contributed by atoms with van der Waals surface area (Å²) in [5, 5.41) is 1.05. The Morgan fingerprint density at radius 3 is 2.25 bits per heavy atom. The minimum atomic E-state index is 0.370.